The molecule has 0 fully saturated rings. The van der Waals surface area contributed by atoms with Gasteiger partial charge in [0.2, 0.25) is 0 Å². The van der Waals surface area contributed by atoms with E-state index in [2.05, 4.69) is 31.5 Å². The number of hydrogen-bond acceptors (Lipinski definition) is 0. The first-order valence-electron chi connectivity index (χ1n) is 4.69. The zero-order valence-corrected chi connectivity index (χ0v) is 9.02. The molecule has 0 aromatic carbocycles. The molecule has 0 aliphatic rings. The van der Waals surface area contributed by atoms with Crippen LogP contribution in [0.4, 0.5) is 0 Å². The topological polar surface area (TPSA) is 15.8 Å². The summed E-state index contributed by atoms with van der Waals surface area (Å²) in [6.45, 7) is 11.8. The molecule has 0 saturated heterocycles. The van der Waals surface area contributed by atoms with E-state index >= 15 is 0 Å². The fraction of sp³-hybridized carbons (Fsp3) is 0.333. The Morgan fingerprint density at radius 2 is 1.92 bits per heavy atom. The second-order valence-electron chi connectivity index (χ2n) is 2.61. The molecule has 0 radical (unpaired) electrons. The lowest BCUT2D eigenvalue weighted by molar-refractivity contribution is 1.26. The van der Waals surface area contributed by atoms with Crippen LogP contribution in [0, 0.1) is 13.8 Å². The number of hydrogen-bond donors (Lipinski definition) is 1. The highest BCUT2D eigenvalue weighted by Gasteiger charge is 1.97. The van der Waals surface area contributed by atoms with Gasteiger partial charge in [-0.25, -0.2) is 0 Å². The monoisotopic (exact) mass is 177 g/mol. The highest BCUT2D eigenvalue weighted by Crippen LogP contribution is 2.13. The van der Waals surface area contributed by atoms with E-state index in [1.807, 2.05) is 26.1 Å². The number of aromatic amines is 1. The number of aryl methyl sites for hydroxylation is 2. The minimum Gasteiger partial charge on any atom is -0.364 e. The number of nitrogens with one attached hydrogen (secondary N) is 1. The molecule has 0 amide bonds. The smallest absolute Gasteiger partial charge is 0.0191 e. The molecule has 13 heavy (non-hydrogen) atoms. The summed E-state index contributed by atoms with van der Waals surface area (Å²) in [5.74, 6) is 0. The minimum absolute atomic E-state index is 1.21. The van der Waals surface area contributed by atoms with Crippen LogP contribution in [0.5, 0.6) is 0 Å². The van der Waals surface area contributed by atoms with Crippen molar-refractivity contribution in [3.63, 3.8) is 0 Å². The van der Waals surface area contributed by atoms with Crippen molar-refractivity contribution in [3.8, 4) is 0 Å². The zero-order valence-electron chi connectivity index (χ0n) is 9.02. The molecule has 0 atom stereocenters. The Labute approximate surface area is 81.2 Å². The summed E-state index contributed by atoms with van der Waals surface area (Å²) in [5, 5.41) is 0. The third-order valence-electron chi connectivity index (χ3n) is 1.73. The van der Waals surface area contributed by atoms with Crippen LogP contribution in [-0.2, 0) is 0 Å². The first-order valence-corrected chi connectivity index (χ1v) is 4.69. The molecule has 1 aromatic heterocycles. The van der Waals surface area contributed by atoms with E-state index < -0.39 is 0 Å². The predicted molar refractivity (Wildman–Crippen MR) is 60.8 cm³/mol. The molecule has 1 nitrogen and oxygen atoms in total. The van der Waals surface area contributed by atoms with E-state index in [9.17, 15) is 0 Å². The number of allylic oxidation sites excluding steroid dienone is 2. The van der Waals surface area contributed by atoms with Crippen molar-refractivity contribution in [2.45, 2.75) is 27.7 Å². The number of aromatic nitrogens is 1. The molecule has 0 bridgehead atoms. The normalized spacial score (nSPS) is 9.54. The van der Waals surface area contributed by atoms with Crippen molar-refractivity contribution in [1.29, 1.82) is 0 Å². The average Bonchev–Trinajstić information content (AvgIpc) is 2.47. The average molecular weight is 177 g/mol. The highest BCUT2D eigenvalue weighted by atomic mass is 14.7. The largest absolute Gasteiger partial charge is 0.364 e. The molecule has 0 saturated carbocycles. The second-order valence-corrected chi connectivity index (χ2v) is 2.61. The molecule has 0 unspecified atom stereocenters. The van der Waals surface area contributed by atoms with Gasteiger partial charge in [0, 0.05) is 11.9 Å². The van der Waals surface area contributed by atoms with E-state index in [4.69, 9.17) is 0 Å². The van der Waals surface area contributed by atoms with Gasteiger partial charge in [-0.3, -0.25) is 0 Å². The summed E-state index contributed by atoms with van der Waals surface area (Å²) in [5.41, 5.74) is 3.76. The van der Waals surface area contributed by atoms with Gasteiger partial charge in [0.25, 0.3) is 0 Å². The van der Waals surface area contributed by atoms with Crippen LogP contribution in [-0.4, -0.2) is 4.98 Å². The van der Waals surface area contributed by atoms with Gasteiger partial charge >= 0.3 is 0 Å². The van der Waals surface area contributed by atoms with Crippen LogP contribution in [0.3, 0.4) is 0 Å². The Kier molecular flexibility index (Phi) is 5.69. The lowest BCUT2D eigenvalue weighted by atomic mass is 10.1. The van der Waals surface area contributed by atoms with Crippen molar-refractivity contribution in [1.82, 2.24) is 4.98 Å². The predicted octanol–water partition coefficient (Wildman–Crippen LogP) is 3.86. The molecular weight excluding hydrogens is 158 g/mol. The van der Waals surface area contributed by atoms with Gasteiger partial charge in [0.05, 0.1) is 0 Å². The van der Waals surface area contributed by atoms with Crippen LogP contribution in [0.15, 0.2) is 24.9 Å². The van der Waals surface area contributed by atoms with Crippen molar-refractivity contribution < 1.29 is 0 Å². The maximum Gasteiger partial charge on any atom is 0.0191 e. The number of H-pyrrole nitrogens is 1. The molecular formula is C12H19N. The van der Waals surface area contributed by atoms with Gasteiger partial charge in [-0.05, 0) is 25.0 Å². The van der Waals surface area contributed by atoms with Gasteiger partial charge in [-0.1, -0.05) is 38.7 Å². The summed E-state index contributed by atoms with van der Waals surface area (Å²) in [6.07, 6.45) is 7.81. The first-order chi connectivity index (χ1) is 6.25. The van der Waals surface area contributed by atoms with Crippen LogP contribution in [0.1, 0.15) is 30.7 Å². The standard InChI is InChI=1S/C10H13N.C2H6/c1-4-5-6-10-8(2)7-11-9(10)3;1-2/h4-7,11H,1H2,2-3H3;1-2H3/b6-5-;. The van der Waals surface area contributed by atoms with Crippen LogP contribution < -0.4 is 0 Å². The van der Waals surface area contributed by atoms with Crippen molar-refractivity contribution in [3.05, 3.63) is 41.7 Å². The molecule has 0 aliphatic carbocycles. The van der Waals surface area contributed by atoms with Gasteiger partial charge < -0.3 is 4.98 Å². The van der Waals surface area contributed by atoms with Gasteiger partial charge in [0.15, 0.2) is 0 Å². The van der Waals surface area contributed by atoms with Crippen LogP contribution in [0.25, 0.3) is 6.08 Å². The van der Waals surface area contributed by atoms with Gasteiger partial charge in [-0.2, -0.15) is 0 Å². The maximum absolute atomic E-state index is 3.62. The summed E-state index contributed by atoms with van der Waals surface area (Å²) in [6, 6.07) is 0. The van der Waals surface area contributed by atoms with Crippen molar-refractivity contribution >= 4 is 6.08 Å². The van der Waals surface area contributed by atoms with E-state index in [1.54, 1.807) is 6.08 Å². The lowest BCUT2D eigenvalue weighted by Crippen LogP contribution is -1.75. The van der Waals surface area contributed by atoms with Crippen LogP contribution in [0.2, 0.25) is 0 Å². The quantitative estimate of drug-likeness (QED) is 0.660. The molecule has 1 rings (SSSR count). The highest BCUT2D eigenvalue weighted by molar-refractivity contribution is 5.57. The molecule has 0 spiro atoms. The van der Waals surface area contributed by atoms with Crippen molar-refractivity contribution in [2.24, 2.45) is 0 Å². The fourth-order valence-electron chi connectivity index (χ4n) is 1.09. The van der Waals surface area contributed by atoms with E-state index in [1.165, 1.54) is 16.8 Å². The van der Waals surface area contributed by atoms with E-state index in [-0.39, 0.29) is 0 Å². The third-order valence-corrected chi connectivity index (χ3v) is 1.73. The Morgan fingerprint density at radius 1 is 1.31 bits per heavy atom. The molecule has 0 aliphatic heterocycles. The van der Waals surface area contributed by atoms with E-state index in [0.717, 1.165) is 0 Å². The molecule has 1 aromatic rings. The fourth-order valence-corrected chi connectivity index (χ4v) is 1.09. The SMILES string of the molecule is C=C/C=C\c1c(C)c[nH]c1C.CC. The summed E-state index contributed by atoms with van der Waals surface area (Å²) in [4.78, 5) is 3.16. The Hall–Kier alpha value is -1.24. The van der Waals surface area contributed by atoms with Crippen LogP contribution >= 0.6 is 0 Å². The summed E-state index contributed by atoms with van der Waals surface area (Å²) >= 11 is 0. The summed E-state index contributed by atoms with van der Waals surface area (Å²) in [7, 11) is 0. The van der Waals surface area contributed by atoms with Gasteiger partial charge in [0.1, 0.15) is 0 Å². The lowest BCUT2D eigenvalue weighted by Gasteiger charge is -1.91. The first kappa shape index (κ1) is 11.8. The molecule has 1 heteroatoms. The second kappa shape index (κ2) is 6.30. The van der Waals surface area contributed by atoms with E-state index in [0.29, 0.717) is 0 Å². The Bertz CT molecular complexity index is 260. The Morgan fingerprint density at radius 3 is 2.31 bits per heavy atom. The molecule has 1 N–H and O–H groups in total. The van der Waals surface area contributed by atoms with Gasteiger partial charge in [-0.15, -0.1) is 0 Å². The minimum atomic E-state index is 1.21. The Balaban J connectivity index is 0.000000671. The zero-order chi connectivity index (χ0) is 10.3. The third kappa shape index (κ3) is 3.32. The van der Waals surface area contributed by atoms with Crippen molar-refractivity contribution in [2.75, 3.05) is 0 Å². The molecule has 72 valence electrons. The molecule has 1 heterocycles. The number of rotatable bonds is 2. The maximum atomic E-state index is 3.62. The summed E-state index contributed by atoms with van der Waals surface area (Å²) < 4.78 is 0.